The lowest BCUT2D eigenvalue weighted by Crippen LogP contribution is -2.40. The van der Waals surface area contributed by atoms with E-state index in [1.165, 1.54) is 17.8 Å². The highest BCUT2D eigenvalue weighted by Crippen LogP contribution is 2.23. The van der Waals surface area contributed by atoms with Gasteiger partial charge in [0.2, 0.25) is 10.0 Å². The molecule has 0 bridgehead atoms. The molecule has 1 aromatic carbocycles. The Morgan fingerprint density at radius 2 is 1.77 bits per heavy atom. The maximum atomic E-state index is 12.7. The molecule has 30 heavy (non-hydrogen) atoms. The second-order valence-corrected chi connectivity index (χ2v) is 8.95. The molecule has 2 rings (SSSR count). The van der Waals surface area contributed by atoms with E-state index in [2.05, 4.69) is 35.7 Å². The largest absolute Gasteiger partial charge is 0.453 e. The molecule has 0 saturated carbocycles. The van der Waals surface area contributed by atoms with Crippen molar-refractivity contribution in [3.8, 4) is 0 Å². The molecule has 1 aliphatic heterocycles. The molecule has 0 aliphatic carbocycles. The lowest BCUT2D eigenvalue weighted by atomic mass is 10.1. The molecule has 1 atom stereocenters. The molecular weight excluding hydrogens is 406 g/mol. The number of benzene rings is 1. The van der Waals surface area contributed by atoms with Crippen LogP contribution < -0.4 is 5.32 Å². The Morgan fingerprint density at radius 1 is 1.20 bits per heavy atom. The normalized spacial score (nSPS) is 15.8. The minimum absolute atomic E-state index is 0.0922. The summed E-state index contributed by atoms with van der Waals surface area (Å²) in [7, 11) is -2.14. The van der Waals surface area contributed by atoms with Gasteiger partial charge in [-0.05, 0) is 31.2 Å². The molecule has 172 valence electrons. The first kappa shape index (κ1) is 26.4. The zero-order chi connectivity index (χ0) is 22.6. The van der Waals surface area contributed by atoms with Gasteiger partial charge in [-0.3, -0.25) is 4.90 Å². The van der Waals surface area contributed by atoms with E-state index in [1.54, 1.807) is 12.1 Å². The number of hydrogen-bond donors (Lipinski definition) is 1. The SMILES string of the molecule is CCC.CCN(CCNC(=O)OC)C(C)c1ccc(S(=O)(=O)N2CCOCC2)cc1. The number of morpholine rings is 1. The second-order valence-electron chi connectivity index (χ2n) is 7.02. The fourth-order valence-corrected chi connectivity index (χ4v) is 4.47. The van der Waals surface area contributed by atoms with Gasteiger partial charge in [0.1, 0.15) is 0 Å². The highest BCUT2D eigenvalue weighted by Gasteiger charge is 2.26. The summed E-state index contributed by atoms with van der Waals surface area (Å²) in [6, 6.07) is 7.13. The molecule has 0 aromatic heterocycles. The van der Waals surface area contributed by atoms with Crippen molar-refractivity contribution in [2.75, 3.05) is 53.0 Å². The Balaban J connectivity index is 0.00000141. The molecule has 1 saturated heterocycles. The van der Waals surface area contributed by atoms with Crippen LogP contribution in [0.15, 0.2) is 29.2 Å². The number of ether oxygens (including phenoxy) is 2. The van der Waals surface area contributed by atoms with Crippen LogP contribution in [0.25, 0.3) is 0 Å². The smallest absolute Gasteiger partial charge is 0.406 e. The second kappa shape index (κ2) is 13.6. The zero-order valence-corrected chi connectivity index (χ0v) is 19.7. The Labute approximate surface area is 181 Å². The summed E-state index contributed by atoms with van der Waals surface area (Å²) in [6.45, 7) is 11.9. The molecule has 1 unspecified atom stereocenters. The standard InChI is InChI=1S/C18H29N3O5S.C3H8/c1-4-20(10-9-19-18(22)25-3)15(2)16-5-7-17(8-6-16)27(23,24)21-11-13-26-14-12-21;1-3-2/h5-8,15H,4,9-14H2,1-3H3,(H,19,22);3H2,1-2H3. The molecule has 1 aliphatic rings. The minimum atomic E-state index is -3.48. The van der Waals surface area contributed by atoms with Crippen LogP contribution in [0.4, 0.5) is 4.79 Å². The molecule has 1 fully saturated rings. The van der Waals surface area contributed by atoms with E-state index < -0.39 is 16.1 Å². The van der Waals surface area contributed by atoms with Gasteiger partial charge in [0.05, 0.1) is 25.2 Å². The molecule has 0 spiro atoms. The Hall–Kier alpha value is -1.68. The van der Waals surface area contributed by atoms with E-state index in [0.717, 1.165) is 12.1 Å². The number of methoxy groups -OCH3 is 1. The van der Waals surface area contributed by atoms with Crippen molar-refractivity contribution in [3.63, 3.8) is 0 Å². The number of hydrogen-bond acceptors (Lipinski definition) is 6. The summed E-state index contributed by atoms with van der Waals surface area (Å²) in [5, 5.41) is 2.67. The third-order valence-electron chi connectivity index (χ3n) is 4.78. The molecule has 0 radical (unpaired) electrons. The maximum absolute atomic E-state index is 12.7. The number of nitrogens with zero attached hydrogens (tertiary/aromatic N) is 2. The highest BCUT2D eigenvalue weighted by molar-refractivity contribution is 7.89. The Bertz CT molecular complexity index is 719. The Kier molecular flexibility index (Phi) is 11.9. The summed E-state index contributed by atoms with van der Waals surface area (Å²) >= 11 is 0. The lowest BCUT2D eigenvalue weighted by molar-refractivity contribution is 0.0730. The van der Waals surface area contributed by atoms with E-state index in [-0.39, 0.29) is 6.04 Å². The zero-order valence-electron chi connectivity index (χ0n) is 18.9. The van der Waals surface area contributed by atoms with E-state index in [0.29, 0.717) is 44.3 Å². The predicted molar refractivity (Wildman–Crippen MR) is 118 cm³/mol. The number of amides is 1. The first-order chi connectivity index (χ1) is 14.3. The van der Waals surface area contributed by atoms with E-state index in [9.17, 15) is 13.2 Å². The van der Waals surface area contributed by atoms with Crippen molar-refractivity contribution in [2.45, 2.75) is 45.1 Å². The molecule has 1 amide bonds. The van der Waals surface area contributed by atoms with Crippen LogP contribution in [-0.4, -0.2) is 76.8 Å². The van der Waals surface area contributed by atoms with Crippen LogP contribution >= 0.6 is 0 Å². The Morgan fingerprint density at radius 3 is 2.27 bits per heavy atom. The number of nitrogens with one attached hydrogen (secondary N) is 1. The van der Waals surface area contributed by atoms with Gasteiger partial charge in [0, 0.05) is 32.2 Å². The van der Waals surface area contributed by atoms with E-state index >= 15 is 0 Å². The van der Waals surface area contributed by atoms with Gasteiger partial charge in [-0.15, -0.1) is 0 Å². The van der Waals surface area contributed by atoms with Gasteiger partial charge < -0.3 is 14.8 Å². The average Bonchev–Trinajstić information content (AvgIpc) is 2.77. The van der Waals surface area contributed by atoms with Crippen LogP contribution in [0.2, 0.25) is 0 Å². The average molecular weight is 444 g/mol. The number of likely N-dealkylation sites (N-methyl/N-ethyl adjacent to an activating group) is 1. The first-order valence-electron chi connectivity index (χ1n) is 10.5. The summed E-state index contributed by atoms with van der Waals surface area (Å²) in [6.07, 6.45) is 0.802. The third-order valence-corrected chi connectivity index (χ3v) is 6.69. The van der Waals surface area contributed by atoms with Gasteiger partial charge in [0.25, 0.3) is 0 Å². The van der Waals surface area contributed by atoms with Crippen LogP contribution in [-0.2, 0) is 19.5 Å². The van der Waals surface area contributed by atoms with E-state index in [4.69, 9.17) is 4.74 Å². The predicted octanol–water partition coefficient (Wildman–Crippen LogP) is 2.86. The highest BCUT2D eigenvalue weighted by atomic mass is 32.2. The molecule has 1 N–H and O–H groups in total. The van der Waals surface area contributed by atoms with Gasteiger partial charge in [-0.25, -0.2) is 13.2 Å². The van der Waals surface area contributed by atoms with Gasteiger partial charge in [0.15, 0.2) is 0 Å². The fourth-order valence-electron chi connectivity index (χ4n) is 3.06. The van der Waals surface area contributed by atoms with Crippen LogP contribution in [0, 0.1) is 0 Å². The molecule has 1 aromatic rings. The summed E-state index contributed by atoms with van der Waals surface area (Å²) in [5.41, 5.74) is 1.02. The summed E-state index contributed by atoms with van der Waals surface area (Å²) in [4.78, 5) is 13.7. The van der Waals surface area contributed by atoms with Crippen molar-refractivity contribution in [2.24, 2.45) is 0 Å². The quantitative estimate of drug-likeness (QED) is 0.665. The van der Waals surface area contributed by atoms with Crippen LogP contribution in [0.3, 0.4) is 0 Å². The third kappa shape index (κ3) is 7.86. The number of rotatable bonds is 8. The minimum Gasteiger partial charge on any atom is -0.453 e. The number of sulfonamides is 1. The molecule has 1 heterocycles. The number of alkyl carbamates (subject to hydrolysis) is 1. The number of carbonyl (C=O) groups is 1. The van der Waals surface area contributed by atoms with Crippen LogP contribution in [0.5, 0.6) is 0 Å². The topological polar surface area (TPSA) is 88.2 Å². The van der Waals surface area contributed by atoms with Crippen molar-refractivity contribution < 1.29 is 22.7 Å². The fraction of sp³-hybridized carbons (Fsp3) is 0.667. The van der Waals surface area contributed by atoms with Gasteiger partial charge >= 0.3 is 6.09 Å². The summed E-state index contributed by atoms with van der Waals surface area (Å²) in [5.74, 6) is 0. The lowest BCUT2D eigenvalue weighted by Gasteiger charge is -2.29. The van der Waals surface area contributed by atoms with E-state index in [1.807, 2.05) is 19.1 Å². The van der Waals surface area contributed by atoms with Gasteiger partial charge in [-0.1, -0.05) is 39.3 Å². The maximum Gasteiger partial charge on any atom is 0.406 e. The number of carbonyl (C=O) groups excluding carboxylic acids is 1. The van der Waals surface area contributed by atoms with Gasteiger partial charge in [-0.2, -0.15) is 4.31 Å². The summed E-state index contributed by atoms with van der Waals surface area (Å²) < 4.78 is 36.7. The molecule has 8 nitrogen and oxygen atoms in total. The molecular formula is C21H37N3O5S. The van der Waals surface area contributed by atoms with Crippen molar-refractivity contribution in [1.82, 2.24) is 14.5 Å². The van der Waals surface area contributed by atoms with Crippen molar-refractivity contribution in [1.29, 1.82) is 0 Å². The van der Waals surface area contributed by atoms with Crippen molar-refractivity contribution >= 4 is 16.1 Å². The molecule has 9 heteroatoms. The van der Waals surface area contributed by atoms with Crippen molar-refractivity contribution in [3.05, 3.63) is 29.8 Å². The monoisotopic (exact) mass is 443 g/mol. The first-order valence-corrected chi connectivity index (χ1v) is 12.0. The van der Waals surface area contributed by atoms with Crippen LogP contribution in [0.1, 0.15) is 45.7 Å².